The van der Waals surface area contributed by atoms with Crippen molar-refractivity contribution in [3.63, 3.8) is 0 Å². The largest absolute Gasteiger partial charge is 0.504 e. The van der Waals surface area contributed by atoms with Crippen LogP contribution in [0.5, 0.6) is 23.0 Å². The number of nitrogens with one attached hydrogen (secondary N) is 1. The maximum absolute atomic E-state index is 13.5. The Kier molecular flexibility index (Phi) is 10.7. The molecule has 0 bridgehead atoms. The van der Waals surface area contributed by atoms with Crippen LogP contribution < -0.4 is 14.8 Å². The van der Waals surface area contributed by atoms with Crippen LogP contribution in [0, 0.1) is 0 Å². The van der Waals surface area contributed by atoms with Crippen LogP contribution in [0.15, 0.2) is 59.2 Å². The lowest BCUT2D eigenvalue weighted by molar-refractivity contribution is 0.102. The van der Waals surface area contributed by atoms with Gasteiger partial charge in [0.1, 0.15) is 11.5 Å². The predicted octanol–water partition coefficient (Wildman–Crippen LogP) is 7.11. The summed E-state index contributed by atoms with van der Waals surface area (Å²) >= 11 is 0. The summed E-state index contributed by atoms with van der Waals surface area (Å²) in [5.74, 6) is 0.224. The highest BCUT2D eigenvalue weighted by Crippen LogP contribution is 2.36. The molecular formula is C30H39NO5. The fourth-order valence-corrected chi connectivity index (χ4v) is 3.74. The number of ether oxygens (including phenoxy) is 2. The molecule has 0 aliphatic heterocycles. The third kappa shape index (κ3) is 7.94. The van der Waals surface area contributed by atoms with Crippen molar-refractivity contribution in [2.75, 3.05) is 19.5 Å². The lowest BCUT2D eigenvalue weighted by Gasteiger charge is -2.17. The molecule has 0 aliphatic rings. The summed E-state index contributed by atoms with van der Waals surface area (Å²) in [4.78, 5) is 13.5. The van der Waals surface area contributed by atoms with Gasteiger partial charge in [0.25, 0.3) is 5.91 Å². The minimum Gasteiger partial charge on any atom is -0.504 e. The van der Waals surface area contributed by atoms with Crippen LogP contribution in [0.1, 0.15) is 68.9 Å². The molecule has 0 aliphatic carbocycles. The first-order valence-electron chi connectivity index (χ1n) is 12.1. The van der Waals surface area contributed by atoms with E-state index in [4.69, 9.17) is 9.47 Å². The summed E-state index contributed by atoms with van der Waals surface area (Å²) in [6.07, 6.45) is 9.04. The molecule has 0 radical (unpaired) electrons. The lowest BCUT2D eigenvalue weighted by Crippen LogP contribution is -2.16. The summed E-state index contributed by atoms with van der Waals surface area (Å²) in [6.45, 7) is 10.2. The Labute approximate surface area is 215 Å². The Morgan fingerprint density at radius 3 is 2.17 bits per heavy atom. The fourth-order valence-electron chi connectivity index (χ4n) is 3.74. The van der Waals surface area contributed by atoms with Crippen molar-refractivity contribution in [2.45, 2.75) is 60.3 Å². The number of phenols is 2. The second-order valence-corrected chi connectivity index (χ2v) is 9.33. The van der Waals surface area contributed by atoms with Gasteiger partial charge in [-0.1, -0.05) is 34.9 Å². The monoisotopic (exact) mass is 493 g/mol. The van der Waals surface area contributed by atoms with E-state index in [-0.39, 0.29) is 17.4 Å². The predicted molar refractivity (Wildman–Crippen MR) is 147 cm³/mol. The molecule has 6 nitrogen and oxygen atoms in total. The van der Waals surface area contributed by atoms with Crippen molar-refractivity contribution < 1.29 is 24.5 Å². The first-order valence-corrected chi connectivity index (χ1v) is 12.1. The quantitative estimate of drug-likeness (QED) is 0.176. The summed E-state index contributed by atoms with van der Waals surface area (Å²) < 4.78 is 11.0. The molecule has 2 aromatic carbocycles. The number of benzene rings is 2. The first kappa shape index (κ1) is 28.6. The molecule has 1 amide bonds. The van der Waals surface area contributed by atoms with Crippen LogP contribution in [0.2, 0.25) is 0 Å². The highest BCUT2D eigenvalue weighted by molar-refractivity contribution is 6.06. The molecule has 0 heterocycles. The van der Waals surface area contributed by atoms with E-state index < -0.39 is 0 Å². The van der Waals surface area contributed by atoms with Gasteiger partial charge in [-0.3, -0.25) is 4.79 Å². The van der Waals surface area contributed by atoms with Crippen LogP contribution in [0.3, 0.4) is 0 Å². The van der Waals surface area contributed by atoms with Crippen LogP contribution in [-0.4, -0.2) is 30.3 Å². The van der Waals surface area contributed by atoms with Gasteiger partial charge >= 0.3 is 0 Å². The van der Waals surface area contributed by atoms with Gasteiger partial charge in [0.15, 0.2) is 11.5 Å². The van der Waals surface area contributed by atoms with E-state index in [1.165, 1.54) is 17.2 Å². The zero-order chi connectivity index (χ0) is 26.8. The Hall–Kier alpha value is -3.67. The number of aromatic hydroxyl groups is 2. The van der Waals surface area contributed by atoms with Crippen molar-refractivity contribution in [3.8, 4) is 23.0 Å². The molecule has 0 fully saturated rings. The van der Waals surface area contributed by atoms with Crippen LogP contribution in [0.25, 0.3) is 0 Å². The molecule has 0 saturated carbocycles. The number of allylic oxidation sites excluding steroid dienone is 6. The van der Waals surface area contributed by atoms with Crippen molar-refractivity contribution in [1.82, 2.24) is 0 Å². The SMILES string of the molecule is COc1cc(OC)c(CC=C(C)CCC=C(C)C)c(C(=O)Nc2ccc(O)c(O)c2CC=C(C)C)c1. The molecule has 0 atom stereocenters. The molecule has 194 valence electrons. The second kappa shape index (κ2) is 13.4. The molecule has 3 N–H and O–H groups in total. The number of methoxy groups -OCH3 is 2. The standard InChI is InChI=1S/C30H39NO5/c1-19(2)9-8-10-21(5)12-14-23-25(17-22(35-6)18-28(23)36-7)30(34)31-26-15-16-27(32)29(33)24(26)13-11-20(3)4/h9,11-12,15-18,32-33H,8,10,13-14H2,1-7H3,(H,31,34). The molecule has 0 unspecified atom stereocenters. The van der Waals surface area contributed by atoms with Crippen LogP contribution >= 0.6 is 0 Å². The van der Waals surface area contributed by atoms with E-state index in [2.05, 4.69) is 38.2 Å². The Balaban J connectivity index is 2.46. The Morgan fingerprint density at radius 2 is 1.56 bits per heavy atom. The Bertz CT molecular complexity index is 1170. The zero-order valence-corrected chi connectivity index (χ0v) is 22.5. The highest BCUT2D eigenvalue weighted by atomic mass is 16.5. The maximum atomic E-state index is 13.5. The second-order valence-electron chi connectivity index (χ2n) is 9.33. The number of carbonyl (C=O) groups excluding carboxylic acids is 1. The first-order chi connectivity index (χ1) is 17.1. The molecule has 2 aromatic rings. The number of phenolic OH excluding ortho intramolecular Hbond substituents is 2. The number of amides is 1. The maximum Gasteiger partial charge on any atom is 0.256 e. The van der Waals surface area contributed by atoms with Gasteiger partial charge in [-0.2, -0.15) is 0 Å². The van der Waals surface area contributed by atoms with Gasteiger partial charge in [-0.15, -0.1) is 0 Å². The molecule has 2 rings (SSSR count). The van der Waals surface area contributed by atoms with Gasteiger partial charge in [0.2, 0.25) is 0 Å². The van der Waals surface area contributed by atoms with Gasteiger partial charge in [-0.05, 0) is 78.5 Å². The topological polar surface area (TPSA) is 88.0 Å². The van der Waals surface area contributed by atoms with Crippen molar-refractivity contribution in [2.24, 2.45) is 0 Å². The summed E-state index contributed by atoms with van der Waals surface area (Å²) in [7, 11) is 3.11. The average Bonchev–Trinajstić information content (AvgIpc) is 2.83. The smallest absolute Gasteiger partial charge is 0.256 e. The van der Waals surface area contributed by atoms with E-state index in [1.807, 2.05) is 19.9 Å². The third-order valence-electron chi connectivity index (χ3n) is 5.85. The summed E-state index contributed by atoms with van der Waals surface area (Å²) in [5.41, 5.74) is 5.60. The molecule has 0 saturated heterocycles. The number of carbonyl (C=O) groups is 1. The number of anilines is 1. The fraction of sp³-hybridized carbons (Fsp3) is 0.367. The van der Waals surface area contributed by atoms with Crippen molar-refractivity contribution in [1.29, 1.82) is 0 Å². The van der Waals surface area contributed by atoms with Gasteiger partial charge in [-0.25, -0.2) is 0 Å². The Morgan fingerprint density at radius 1 is 0.889 bits per heavy atom. The highest BCUT2D eigenvalue weighted by Gasteiger charge is 2.20. The average molecular weight is 494 g/mol. The third-order valence-corrected chi connectivity index (χ3v) is 5.85. The van der Waals surface area contributed by atoms with Gasteiger partial charge in [0.05, 0.1) is 19.8 Å². The van der Waals surface area contributed by atoms with Crippen molar-refractivity contribution in [3.05, 3.63) is 75.9 Å². The molecular weight excluding hydrogens is 454 g/mol. The summed E-state index contributed by atoms with van der Waals surface area (Å²) in [6, 6.07) is 6.41. The lowest BCUT2D eigenvalue weighted by atomic mass is 9.99. The normalized spacial score (nSPS) is 11.0. The van der Waals surface area contributed by atoms with E-state index in [1.54, 1.807) is 32.4 Å². The molecule has 36 heavy (non-hydrogen) atoms. The van der Waals surface area contributed by atoms with E-state index in [0.717, 1.165) is 24.0 Å². The minimum absolute atomic E-state index is 0.234. The van der Waals surface area contributed by atoms with E-state index in [9.17, 15) is 15.0 Å². The van der Waals surface area contributed by atoms with Crippen molar-refractivity contribution >= 4 is 11.6 Å². The van der Waals surface area contributed by atoms with Crippen LogP contribution in [-0.2, 0) is 12.8 Å². The zero-order valence-electron chi connectivity index (χ0n) is 22.5. The number of hydrogen-bond acceptors (Lipinski definition) is 5. The van der Waals surface area contributed by atoms with Gasteiger partial charge < -0.3 is 25.0 Å². The minimum atomic E-state index is -0.360. The molecule has 0 spiro atoms. The molecule has 6 heteroatoms. The van der Waals surface area contributed by atoms with Crippen LogP contribution in [0.4, 0.5) is 5.69 Å². The number of rotatable bonds is 11. The summed E-state index contributed by atoms with van der Waals surface area (Å²) in [5, 5.41) is 23.4. The number of hydrogen-bond donors (Lipinski definition) is 3. The molecule has 0 aromatic heterocycles. The van der Waals surface area contributed by atoms with E-state index in [0.29, 0.717) is 41.2 Å². The van der Waals surface area contributed by atoms with E-state index >= 15 is 0 Å². The van der Waals surface area contributed by atoms with Gasteiger partial charge in [0, 0.05) is 22.9 Å².